The van der Waals surface area contributed by atoms with Gasteiger partial charge in [-0.15, -0.1) is 11.4 Å². The Morgan fingerprint density at radius 1 is 1.19 bits per heavy atom. The number of hydrogen-bond donors (Lipinski definition) is 0. The average molecular weight is 292 g/mol. The Labute approximate surface area is 132 Å². The van der Waals surface area contributed by atoms with Crippen LogP contribution in [-0.2, 0) is 16.3 Å². The van der Waals surface area contributed by atoms with E-state index in [1.54, 1.807) is 0 Å². The van der Waals surface area contributed by atoms with E-state index < -0.39 is 5.69 Å². The molecule has 0 radical (unpaired) electrons. The molecule has 0 saturated heterocycles. The van der Waals surface area contributed by atoms with Crippen molar-refractivity contribution in [3.8, 4) is 0 Å². The largest absolute Gasteiger partial charge is 1.00 e. The summed E-state index contributed by atoms with van der Waals surface area (Å²) in [4.78, 5) is 11.7. The van der Waals surface area contributed by atoms with Gasteiger partial charge in [-0.05, 0) is 30.4 Å². The first-order chi connectivity index (χ1) is 6.83. The fourth-order valence-corrected chi connectivity index (χ4v) is 4.37. The van der Waals surface area contributed by atoms with Gasteiger partial charge in [0.1, 0.15) is 0 Å². The van der Waals surface area contributed by atoms with Gasteiger partial charge in [0.15, 0.2) is 0 Å². The molecule has 6 heteroatoms. The van der Waals surface area contributed by atoms with Crippen LogP contribution in [-0.4, -0.2) is 12.4 Å². The third-order valence-electron chi connectivity index (χ3n) is 1.89. The molecule has 0 bridgehead atoms. The van der Waals surface area contributed by atoms with Gasteiger partial charge in [0.25, 0.3) is 0 Å². The standard InChI is InChI=1S/C10H23O2PS2.Na/c1-9(2)5-7-12-13(11,14)15-8-6-10(3)4;/h9-10H,5-8H2,1-4H3,(H,11,14);/q;+1/p-1. The van der Waals surface area contributed by atoms with E-state index in [9.17, 15) is 4.89 Å². The second-order valence-electron chi connectivity index (χ2n) is 4.48. The quantitative estimate of drug-likeness (QED) is 0.479. The average Bonchev–Trinajstić information content (AvgIpc) is 2.01. The van der Waals surface area contributed by atoms with E-state index in [4.69, 9.17) is 16.3 Å². The van der Waals surface area contributed by atoms with Crippen molar-refractivity contribution < 1.29 is 39.0 Å². The summed E-state index contributed by atoms with van der Waals surface area (Å²) in [5, 5.41) is 0. The molecular formula is C10H22NaO2PS2. The summed E-state index contributed by atoms with van der Waals surface area (Å²) in [5.74, 6) is 2.03. The molecular weight excluding hydrogens is 270 g/mol. The van der Waals surface area contributed by atoms with Gasteiger partial charge in [-0.2, -0.15) is 0 Å². The molecule has 0 aromatic heterocycles. The summed E-state index contributed by atoms with van der Waals surface area (Å²) in [6, 6.07) is 0. The third-order valence-corrected chi connectivity index (χ3v) is 6.20. The van der Waals surface area contributed by atoms with E-state index >= 15 is 0 Å². The van der Waals surface area contributed by atoms with Gasteiger partial charge in [-0.1, -0.05) is 39.5 Å². The van der Waals surface area contributed by atoms with E-state index in [-0.39, 0.29) is 29.6 Å². The molecule has 0 aliphatic heterocycles. The Bertz CT molecular complexity index is 195. The van der Waals surface area contributed by atoms with E-state index in [2.05, 4.69) is 27.7 Å². The monoisotopic (exact) mass is 292 g/mol. The molecule has 0 rings (SSSR count). The van der Waals surface area contributed by atoms with Crippen molar-refractivity contribution in [2.45, 2.75) is 40.5 Å². The molecule has 0 spiro atoms. The van der Waals surface area contributed by atoms with E-state index in [0.29, 0.717) is 18.4 Å². The van der Waals surface area contributed by atoms with Crippen molar-refractivity contribution in [2.24, 2.45) is 11.8 Å². The van der Waals surface area contributed by atoms with Crippen molar-refractivity contribution >= 4 is 28.9 Å². The first kappa shape index (κ1) is 20.2. The normalized spacial score (nSPS) is 14.9. The number of hydrogen-bond acceptors (Lipinski definition) is 4. The molecule has 16 heavy (non-hydrogen) atoms. The van der Waals surface area contributed by atoms with Gasteiger partial charge in [-0.25, -0.2) is 0 Å². The molecule has 0 amide bonds. The summed E-state index contributed by atoms with van der Waals surface area (Å²) in [6.07, 6.45) is 1.96. The van der Waals surface area contributed by atoms with Crippen LogP contribution in [0.25, 0.3) is 0 Å². The van der Waals surface area contributed by atoms with Crippen LogP contribution >= 0.6 is 17.1 Å². The molecule has 0 aliphatic carbocycles. The molecule has 0 heterocycles. The Morgan fingerprint density at radius 2 is 1.69 bits per heavy atom. The molecule has 1 atom stereocenters. The van der Waals surface area contributed by atoms with Gasteiger partial charge in [0, 0.05) is 5.69 Å². The Balaban J connectivity index is 0. The first-order valence-corrected chi connectivity index (χ1v) is 9.66. The van der Waals surface area contributed by atoms with Gasteiger partial charge in [-0.3, -0.25) is 0 Å². The zero-order chi connectivity index (χ0) is 11.9. The maximum absolute atomic E-state index is 11.7. The Kier molecular flexibility index (Phi) is 13.7. The van der Waals surface area contributed by atoms with Crippen LogP contribution in [0.5, 0.6) is 0 Å². The van der Waals surface area contributed by atoms with Crippen LogP contribution in [0.3, 0.4) is 0 Å². The van der Waals surface area contributed by atoms with E-state index in [1.807, 2.05) is 0 Å². The van der Waals surface area contributed by atoms with Crippen molar-refractivity contribution in [2.75, 3.05) is 12.4 Å². The van der Waals surface area contributed by atoms with Crippen LogP contribution in [0.1, 0.15) is 40.5 Å². The fourth-order valence-electron chi connectivity index (χ4n) is 0.838. The number of rotatable bonds is 8. The second-order valence-corrected chi connectivity index (χ2v) is 10.7. The van der Waals surface area contributed by atoms with Crippen molar-refractivity contribution in [3.63, 3.8) is 0 Å². The minimum absolute atomic E-state index is 0. The summed E-state index contributed by atoms with van der Waals surface area (Å²) in [5.41, 5.74) is -2.80. The smallest absolute Gasteiger partial charge is 0.793 e. The van der Waals surface area contributed by atoms with Crippen LogP contribution < -0.4 is 34.5 Å². The molecule has 0 fully saturated rings. The van der Waals surface area contributed by atoms with Crippen LogP contribution in [0.15, 0.2) is 0 Å². The Morgan fingerprint density at radius 3 is 2.12 bits per heavy atom. The topological polar surface area (TPSA) is 32.3 Å². The first-order valence-electron chi connectivity index (χ1n) is 5.43. The summed E-state index contributed by atoms with van der Waals surface area (Å²) >= 11 is 6.25. The van der Waals surface area contributed by atoms with Crippen molar-refractivity contribution in [1.82, 2.24) is 0 Å². The van der Waals surface area contributed by atoms with E-state index in [0.717, 1.165) is 18.6 Å². The molecule has 0 N–H and O–H groups in total. The molecule has 1 unspecified atom stereocenters. The maximum atomic E-state index is 11.7. The summed E-state index contributed by atoms with van der Waals surface area (Å²) in [7, 11) is 0. The van der Waals surface area contributed by atoms with Crippen molar-refractivity contribution in [3.05, 3.63) is 0 Å². The fraction of sp³-hybridized carbons (Fsp3) is 1.00. The van der Waals surface area contributed by atoms with Gasteiger partial charge >= 0.3 is 29.6 Å². The minimum atomic E-state index is -2.80. The third kappa shape index (κ3) is 14.0. The van der Waals surface area contributed by atoms with Gasteiger partial charge in [0.2, 0.25) is 0 Å². The molecule has 0 saturated carbocycles. The molecule has 92 valence electrons. The zero-order valence-corrected chi connectivity index (χ0v) is 15.6. The van der Waals surface area contributed by atoms with Crippen molar-refractivity contribution in [1.29, 1.82) is 0 Å². The summed E-state index contributed by atoms with van der Waals surface area (Å²) < 4.78 is 5.26. The molecule has 0 aromatic rings. The molecule has 2 nitrogen and oxygen atoms in total. The second kappa shape index (κ2) is 10.8. The maximum Gasteiger partial charge on any atom is 1.00 e. The van der Waals surface area contributed by atoms with Crippen LogP contribution in [0, 0.1) is 11.8 Å². The predicted molar refractivity (Wildman–Crippen MR) is 71.6 cm³/mol. The van der Waals surface area contributed by atoms with Gasteiger partial charge in [0.05, 0.1) is 6.61 Å². The van der Waals surface area contributed by atoms with Crippen LogP contribution in [0.4, 0.5) is 0 Å². The summed E-state index contributed by atoms with van der Waals surface area (Å²) in [6.45, 7) is 9.04. The molecule has 0 aromatic carbocycles. The minimum Gasteiger partial charge on any atom is -0.793 e. The Hall–Kier alpha value is 1.92. The predicted octanol–water partition coefficient (Wildman–Crippen LogP) is 0.417. The van der Waals surface area contributed by atoms with Crippen LogP contribution in [0.2, 0.25) is 0 Å². The molecule has 0 aliphatic rings. The zero-order valence-electron chi connectivity index (χ0n) is 11.1. The SMILES string of the molecule is CC(C)CCOP([O-])(=S)SCCC(C)C.[Na+]. The van der Waals surface area contributed by atoms with E-state index in [1.165, 1.54) is 11.4 Å². The van der Waals surface area contributed by atoms with Gasteiger partial charge < -0.3 is 9.42 Å².